The fourth-order valence-corrected chi connectivity index (χ4v) is 3.21. The molecule has 0 aliphatic heterocycles. The molecule has 0 aliphatic rings. The molecule has 158 valence electrons. The van der Waals surface area contributed by atoms with Crippen LogP contribution >= 0.6 is 23.2 Å². The van der Waals surface area contributed by atoms with Gasteiger partial charge in [-0.1, -0.05) is 42.6 Å². The zero-order chi connectivity index (χ0) is 21.8. The topological polar surface area (TPSA) is 99.0 Å². The monoisotopic (exact) mass is 450 g/mol. The van der Waals surface area contributed by atoms with E-state index in [4.69, 9.17) is 27.9 Å². The van der Waals surface area contributed by atoms with Crippen molar-refractivity contribution in [2.45, 2.75) is 32.9 Å². The molecule has 2 aromatic heterocycles. The van der Waals surface area contributed by atoms with Gasteiger partial charge in [-0.2, -0.15) is 0 Å². The number of carbonyl (C=O) groups excluding carboxylic acids is 1. The number of halogens is 2. The molecule has 0 saturated carbocycles. The molecule has 8 nitrogen and oxygen atoms in total. The molecular formula is C20H20Cl2N4O4. The lowest BCUT2D eigenvalue weighted by atomic mass is 10.2. The largest absolute Gasteiger partial charge is 0.454 e. The Kier molecular flexibility index (Phi) is 6.79. The number of fused-ring (bicyclic) bond motifs is 1. The minimum absolute atomic E-state index is 0.156. The van der Waals surface area contributed by atoms with Crippen LogP contribution in [0.4, 0.5) is 0 Å². The number of rotatable bonds is 7. The molecule has 0 unspecified atom stereocenters. The SMILES string of the molecule is CCCCn1c(=O)[nH]c(=O)c2c1nc(COC(=O)/C=C/c1ccc(Cl)c(Cl)c1)n2C. The summed E-state index contributed by atoms with van der Waals surface area (Å²) in [5.74, 6) is -0.243. The number of nitrogens with one attached hydrogen (secondary N) is 1. The van der Waals surface area contributed by atoms with Crippen LogP contribution in [0.3, 0.4) is 0 Å². The highest BCUT2D eigenvalue weighted by Crippen LogP contribution is 2.23. The lowest BCUT2D eigenvalue weighted by molar-refractivity contribution is -0.139. The third-order valence-electron chi connectivity index (χ3n) is 4.54. The summed E-state index contributed by atoms with van der Waals surface area (Å²) < 4.78 is 8.18. The Balaban J connectivity index is 1.79. The molecule has 0 radical (unpaired) electrons. The summed E-state index contributed by atoms with van der Waals surface area (Å²) in [6, 6.07) is 4.97. The van der Waals surface area contributed by atoms with Crippen LogP contribution in [0.1, 0.15) is 31.2 Å². The van der Waals surface area contributed by atoms with Crippen molar-refractivity contribution < 1.29 is 9.53 Å². The van der Waals surface area contributed by atoms with E-state index in [2.05, 4.69) is 9.97 Å². The van der Waals surface area contributed by atoms with Crippen molar-refractivity contribution >= 4 is 46.4 Å². The number of H-pyrrole nitrogens is 1. The number of imidazole rings is 1. The summed E-state index contributed by atoms with van der Waals surface area (Å²) in [6.07, 6.45) is 4.45. The second-order valence-corrected chi connectivity index (χ2v) is 7.45. The molecule has 10 heteroatoms. The van der Waals surface area contributed by atoms with Gasteiger partial charge in [-0.15, -0.1) is 0 Å². The fourth-order valence-electron chi connectivity index (χ4n) is 2.91. The van der Waals surface area contributed by atoms with Crippen LogP contribution < -0.4 is 11.2 Å². The number of unbranched alkanes of at least 4 members (excludes halogenated alkanes) is 1. The van der Waals surface area contributed by atoms with Gasteiger partial charge >= 0.3 is 11.7 Å². The molecule has 2 heterocycles. The zero-order valence-electron chi connectivity index (χ0n) is 16.4. The fraction of sp³-hybridized carbons (Fsp3) is 0.300. The number of hydrogen-bond donors (Lipinski definition) is 1. The van der Waals surface area contributed by atoms with Crippen LogP contribution in [0.15, 0.2) is 33.9 Å². The molecule has 0 amide bonds. The predicted octanol–water partition coefficient (Wildman–Crippen LogP) is 3.29. The van der Waals surface area contributed by atoms with Crippen molar-refractivity contribution in [3.8, 4) is 0 Å². The first-order valence-electron chi connectivity index (χ1n) is 9.30. The summed E-state index contributed by atoms with van der Waals surface area (Å²) in [4.78, 5) is 43.1. The Labute approximate surface area is 181 Å². The number of aromatic nitrogens is 4. The van der Waals surface area contributed by atoms with Crippen LogP contribution in [0.5, 0.6) is 0 Å². The first-order chi connectivity index (χ1) is 14.3. The van der Waals surface area contributed by atoms with Crippen LogP contribution in [0, 0.1) is 0 Å². The number of hydrogen-bond acceptors (Lipinski definition) is 5. The molecule has 30 heavy (non-hydrogen) atoms. The Hall–Kier alpha value is -2.84. The molecule has 0 fully saturated rings. The average Bonchev–Trinajstić information content (AvgIpc) is 3.03. The maximum atomic E-state index is 12.2. The van der Waals surface area contributed by atoms with Gasteiger partial charge < -0.3 is 9.30 Å². The van der Waals surface area contributed by atoms with E-state index in [0.29, 0.717) is 28.0 Å². The van der Waals surface area contributed by atoms with E-state index in [1.54, 1.807) is 31.3 Å². The first-order valence-corrected chi connectivity index (χ1v) is 10.1. The lowest BCUT2D eigenvalue weighted by Crippen LogP contribution is -2.31. The molecule has 1 aromatic carbocycles. The third-order valence-corrected chi connectivity index (χ3v) is 5.28. The van der Waals surface area contributed by atoms with Gasteiger partial charge in [0.15, 0.2) is 11.2 Å². The summed E-state index contributed by atoms with van der Waals surface area (Å²) in [5.41, 5.74) is 0.178. The third kappa shape index (κ3) is 4.66. The van der Waals surface area contributed by atoms with Gasteiger partial charge in [0.05, 0.1) is 10.0 Å². The van der Waals surface area contributed by atoms with Gasteiger partial charge in [0.1, 0.15) is 12.4 Å². The molecule has 0 atom stereocenters. The first kappa shape index (κ1) is 21.9. The molecule has 0 bridgehead atoms. The van der Waals surface area contributed by atoms with E-state index in [-0.39, 0.29) is 17.8 Å². The number of nitrogens with zero attached hydrogens (tertiary/aromatic N) is 3. The quantitative estimate of drug-likeness (QED) is 0.439. The number of esters is 1. The minimum Gasteiger partial charge on any atom is -0.454 e. The van der Waals surface area contributed by atoms with E-state index in [1.807, 2.05) is 6.92 Å². The smallest absolute Gasteiger partial charge is 0.331 e. The van der Waals surface area contributed by atoms with Crippen molar-refractivity contribution in [3.63, 3.8) is 0 Å². The van der Waals surface area contributed by atoms with Gasteiger partial charge in [-0.05, 0) is 30.2 Å². The Morgan fingerprint density at radius 1 is 1.27 bits per heavy atom. The van der Waals surface area contributed by atoms with E-state index in [0.717, 1.165) is 12.8 Å². The number of benzene rings is 1. The van der Waals surface area contributed by atoms with Crippen molar-refractivity contribution in [3.05, 3.63) is 66.5 Å². The van der Waals surface area contributed by atoms with Crippen LogP contribution in [-0.2, 0) is 29.7 Å². The van der Waals surface area contributed by atoms with Crippen LogP contribution in [-0.4, -0.2) is 25.1 Å². The van der Waals surface area contributed by atoms with E-state index in [9.17, 15) is 14.4 Å². The van der Waals surface area contributed by atoms with Crippen molar-refractivity contribution in [2.24, 2.45) is 7.05 Å². The second kappa shape index (κ2) is 9.32. The van der Waals surface area contributed by atoms with Crippen molar-refractivity contribution in [1.82, 2.24) is 19.1 Å². The standard InChI is InChI=1S/C20H20Cl2N4O4/c1-3-4-9-26-18-17(19(28)24-20(26)29)25(2)15(23-18)11-30-16(27)8-6-12-5-7-13(21)14(22)10-12/h5-8,10H,3-4,9,11H2,1-2H3,(H,24,28,29)/b8-6+. The summed E-state index contributed by atoms with van der Waals surface area (Å²) in [7, 11) is 1.63. The highest BCUT2D eigenvalue weighted by Gasteiger charge is 2.17. The van der Waals surface area contributed by atoms with E-state index < -0.39 is 17.2 Å². The molecule has 3 rings (SSSR count). The molecule has 0 aliphatic carbocycles. The highest BCUT2D eigenvalue weighted by atomic mass is 35.5. The molecule has 0 saturated heterocycles. The van der Waals surface area contributed by atoms with Gasteiger partial charge in [-0.25, -0.2) is 14.6 Å². The zero-order valence-corrected chi connectivity index (χ0v) is 18.0. The Morgan fingerprint density at radius 2 is 2.03 bits per heavy atom. The second-order valence-electron chi connectivity index (χ2n) is 6.64. The summed E-state index contributed by atoms with van der Waals surface area (Å²) >= 11 is 11.8. The lowest BCUT2D eigenvalue weighted by Gasteiger charge is -2.04. The molecule has 0 spiro atoms. The molecule has 3 aromatic rings. The predicted molar refractivity (Wildman–Crippen MR) is 116 cm³/mol. The van der Waals surface area contributed by atoms with E-state index >= 15 is 0 Å². The number of carbonyl (C=O) groups is 1. The maximum Gasteiger partial charge on any atom is 0.331 e. The number of ether oxygens (including phenoxy) is 1. The van der Waals surface area contributed by atoms with Crippen LogP contribution in [0.2, 0.25) is 10.0 Å². The van der Waals surface area contributed by atoms with Gasteiger partial charge in [0.25, 0.3) is 5.56 Å². The maximum absolute atomic E-state index is 12.2. The number of aromatic amines is 1. The average molecular weight is 451 g/mol. The highest BCUT2D eigenvalue weighted by molar-refractivity contribution is 6.42. The van der Waals surface area contributed by atoms with Crippen LogP contribution in [0.25, 0.3) is 17.2 Å². The van der Waals surface area contributed by atoms with E-state index in [1.165, 1.54) is 15.2 Å². The Morgan fingerprint density at radius 3 is 2.73 bits per heavy atom. The molecule has 1 N–H and O–H groups in total. The van der Waals surface area contributed by atoms with Crippen molar-refractivity contribution in [1.29, 1.82) is 0 Å². The summed E-state index contributed by atoms with van der Waals surface area (Å²) in [5, 5.41) is 0.803. The Bertz CT molecular complexity index is 1240. The van der Waals surface area contributed by atoms with Crippen molar-refractivity contribution in [2.75, 3.05) is 0 Å². The molecular weight excluding hydrogens is 431 g/mol. The summed E-state index contributed by atoms with van der Waals surface area (Å²) in [6.45, 7) is 2.28. The van der Waals surface area contributed by atoms with Gasteiger partial charge in [0.2, 0.25) is 0 Å². The minimum atomic E-state index is -0.592. The van der Waals surface area contributed by atoms with Gasteiger partial charge in [-0.3, -0.25) is 14.3 Å². The number of aryl methyl sites for hydroxylation is 2. The van der Waals surface area contributed by atoms with Gasteiger partial charge in [0, 0.05) is 19.7 Å². The normalized spacial score (nSPS) is 11.5.